The second kappa shape index (κ2) is 6.53. The first kappa shape index (κ1) is 15.2. The van der Waals surface area contributed by atoms with E-state index in [9.17, 15) is 14.0 Å². The average molecular weight is 296 g/mol. The number of amides is 2. The summed E-state index contributed by atoms with van der Waals surface area (Å²) in [7, 11) is 1.60. The SMILES string of the molecule is COC1CCCN(C(=O)Nc2ccc(C(=O)O)c(F)c2)C1. The Labute approximate surface area is 121 Å². The van der Waals surface area contributed by atoms with Crippen molar-refractivity contribution in [3.8, 4) is 0 Å². The lowest BCUT2D eigenvalue weighted by Crippen LogP contribution is -2.44. The Morgan fingerprint density at radius 1 is 1.48 bits per heavy atom. The maximum atomic E-state index is 13.5. The number of halogens is 1. The van der Waals surface area contributed by atoms with Gasteiger partial charge in [0.25, 0.3) is 0 Å². The van der Waals surface area contributed by atoms with E-state index in [1.54, 1.807) is 12.0 Å². The zero-order chi connectivity index (χ0) is 15.4. The number of likely N-dealkylation sites (tertiary alicyclic amines) is 1. The summed E-state index contributed by atoms with van der Waals surface area (Å²) in [5.74, 6) is -2.22. The van der Waals surface area contributed by atoms with Gasteiger partial charge in [-0.1, -0.05) is 0 Å². The van der Waals surface area contributed by atoms with Crippen molar-refractivity contribution in [3.05, 3.63) is 29.6 Å². The minimum atomic E-state index is -1.34. The number of carboxylic acids is 1. The lowest BCUT2D eigenvalue weighted by Gasteiger charge is -2.31. The number of aromatic carboxylic acids is 1. The Kier molecular flexibility index (Phi) is 4.74. The lowest BCUT2D eigenvalue weighted by atomic mass is 10.1. The van der Waals surface area contributed by atoms with Crippen molar-refractivity contribution in [3.63, 3.8) is 0 Å². The standard InChI is InChI=1S/C14H17FN2O4/c1-21-10-3-2-6-17(8-10)14(20)16-9-4-5-11(13(18)19)12(15)7-9/h4-5,7,10H,2-3,6,8H2,1H3,(H,16,20)(H,18,19). The fourth-order valence-corrected chi connectivity index (χ4v) is 2.28. The predicted octanol–water partition coefficient (Wildman–Crippen LogP) is 2.17. The summed E-state index contributed by atoms with van der Waals surface area (Å²) in [6, 6.07) is 3.14. The van der Waals surface area contributed by atoms with Gasteiger partial charge in [-0.15, -0.1) is 0 Å². The Bertz CT molecular complexity index is 550. The molecule has 114 valence electrons. The van der Waals surface area contributed by atoms with Crippen LogP contribution in [0.3, 0.4) is 0 Å². The number of carbonyl (C=O) groups is 2. The number of ether oxygens (including phenoxy) is 1. The smallest absolute Gasteiger partial charge is 0.338 e. The van der Waals surface area contributed by atoms with Gasteiger partial charge in [0.1, 0.15) is 5.82 Å². The van der Waals surface area contributed by atoms with Gasteiger partial charge in [0.2, 0.25) is 0 Å². The largest absolute Gasteiger partial charge is 0.478 e. The third-order valence-electron chi connectivity index (χ3n) is 3.45. The van der Waals surface area contributed by atoms with E-state index >= 15 is 0 Å². The van der Waals surface area contributed by atoms with Gasteiger partial charge in [0, 0.05) is 25.9 Å². The highest BCUT2D eigenvalue weighted by Gasteiger charge is 2.23. The summed E-state index contributed by atoms with van der Waals surface area (Å²) < 4.78 is 18.8. The monoisotopic (exact) mass is 296 g/mol. The molecule has 1 aliphatic rings. The molecule has 1 atom stereocenters. The predicted molar refractivity (Wildman–Crippen MR) is 74.0 cm³/mol. The van der Waals surface area contributed by atoms with E-state index in [4.69, 9.17) is 9.84 Å². The molecule has 0 aromatic heterocycles. The van der Waals surface area contributed by atoms with E-state index < -0.39 is 17.3 Å². The van der Waals surface area contributed by atoms with Gasteiger partial charge in [0.15, 0.2) is 0 Å². The van der Waals surface area contributed by atoms with Crippen LogP contribution in [0.25, 0.3) is 0 Å². The Morgan fingerprint density at radius 3 is 2.86 bits per heavy atom. The van der Waals surface area contributed by atoms with E-state index in [0.29, 0.717) is 13.1 Å². The molecule has 1 heterocycles. The van der Waals surface area contributed by atoms with Gasteiger partial charge in [-0.05, 0) is 31.0 Å². The van der Waals surface area contributed by atoms with Crippen LogP contribution < -0.4 is 5.32 Å². The number of anilines is 1. The molecule has 1 saturated heterocycles. The van der Waals surface area contributed by atoms with Crippen LogP contribution in [0.1, 0.15) is 23.2 Å². The van der Waals surface area contributed by atoms with Crippen LogP contribution in [0.2, 0.25) is 0 Å². The Hall–Kier alpha value is -2.15. The highest BCUT2D eigenvalue weighted by atomic mass is 19.1. The molecular weight excluding hydrogens is 279 g/mol. The first-order valence-electron chi connectivity index (χ1n) is 6.63. The van der Waals surface area contributed by atoms with Crippen molar-refractivity contribution >= 4 is 17.7 Å². The molecule has 2 amide bonds. The van der Waals surface area contributed by atoms with Gasteiger partial charge >= 0.3 is 12.0 Å². The molecule has 6 nitrogen and oxygen atoms in total. The number of hydrogen-bond acceptors (Lipinski definition) is 3. The number of hydrogen-bond donors (Lipinski definition) is 2. The van der Waals surface area contributed by atoms with Gasteiger partial charge < -0.3 is 20.1 Å². The third kappa shape index (κ3) is 3.69. The molecule has 0 spiro atoms. The van der Waals surface area contributed by atoms with Crippen LogP contribution in [0, 0.1) is 5.82 Å². The van der Waals surface area contributed by atoms with E-state index in [1.165, 1.54) is 6.07 Å². The Balaban J connectivity index is 2.02. The molecule has 2 rings (SSSR count). The summed E-state index contributed by atoms with van der Waals surface area (Å²) in [5.41, 5.74) is -0.201. The number of rotatable bonds is 3. The zero-order valence-electron chi connectivity index (χ0n) is 11.6. The summed E-state index contributed by atoms with van der Waals surface area (Å²) in [6.45, 7) is 1.10. The van der Waals surface area contributed by atoms with Crippen molar-refractivity contribution in [1.82, 2.24) is 4.90 Å². The first-order chi connectivity index (χ1) is 10.0. The quantitative estimate of drug-likeness (QED) is 0.896. The number of methoxy groups -OCH3 is 1. The fourth-order valence-electron chi connectivity index (χ4n) is 2.28. The third-order valence-corrected chi connectivity index (χ3v) is 3.45. The van der Waals surface area contributed by atoms with Crippen LogP contribution in [-0.4, -0.2) is 48.3 Å². The average Bonchev–Trinajstić information content (AvgIpc) is 2.47. The normalized spacial score (nSPS) is 18.4. The van der Waals surface area contributed by atoms with Crippen molar-refractivity contribution in [2.24, 2.45) is 0 Å². The van der Waals surface area contributed by atoms with Crippen LogP contribution in [0.4, 0.5) is 14.9 Å². The summed E-state index contributed by atoms with van der Waals surface area (Å²) in [5, 5.41) is 11.3. The molecule has 7 heteroatoms. The van der Waals surface area contributed by atoms with Gasteiger partial charge in [-0.2, -0.15) is 0 Å². The van der Waals surface area contributed by atoms with Gasteiger partial charge in [-0.3, -0.25) is 0 Å². The molecule has 0 saturated carbocycles. The zero-order valence-corrected chi connectivity index (χ0v) is 11.6. The number of carboxylic acid groups (broad SMARTS) is 1. The molecule has 1 fully saturated rings. The molecule has 0 bridgehead atoms. The number of benzene rings is 1. The second-order valence-electron chi connectivity index (χ2n) is 4.88. The topological polar surface area (TPSA) is 78.9 Å². The molecule has 1 unspecified atom stereocenters. The molecule has 1 aromatic carbocycles. The first-order valence-corrected chi connectivity index (χ1v) is 6.63. The lowest BCUT2D eigenvalue weighted by molar-refractivity contribution is 0.0458. The minimum Gasteiger partial charge on any atom is -0.478 e. The number of carbonyl (C=O) groups excluding carboxylic acids is 1. The number of nitrogens with one attached hydrogen (secondary N) is 1. The van der Waals surface area contributed by atoms with E-state index in [1.807, 2.05) is 0 Å². The number of urea groups is 1. The van der Waals surface area contributed by atoms with Crippen LogP contribution in [0.15, 0.2) is 18.2 Å². The molecular formula is C14H17FN2O4. The molecule has 1 aromatic rings. The number of nitrogens with zero attached hydrogens (tertiary/aromatic N) is 1. The van der Waals surface area contributed by atoms with Crippen molar-refractivity contribution in [1.29, 1.82) is 0 Å². The van der Waals surface area contributed by atoms with Crippen LogP contribution in [-0.2, 0) is 4.74 Å². The van der Waals surface area contributed by atoms with Gasteiger partial charge in [0.05, 0.1) is 11.7 Å². The second-order valence-corrected chi connectivity index (χ2v) is 4.88. The van der Waals surface area contributed by atoms with Gasteiger partial charge in [-0.25, -0.2) is 14.0 Å². The van der Waals surface area contributed by atoms with Crippen LogP contribution in [0.5, 0.6) is 0 Å². The van der Waals surface area contributed by atoms with E-state index in [0.717, 1.165) is 25.0 Å². The maximum absolute atomic E-state index is 13.5. The summed E-state index contributed by atoms with van der Waals surface area (Å²) >= 11 is 0. The van der Waals surface area contributed by atoms with E-state index in [-0.39, 0.29) is 17.8 Å². The highest BCUT2D eigenvalue weighted by molar-refractivity contribution is 5.91. The molecule has 0 aliphatic carbocycles. The summed E-state index contributed by atoms with van der Waals surface area (Å²) in [4.78, 5) is 24.4. The number of piperidine rings is 1. The maximum Gasteiger partial charge on any atom is 0.338 e. The molecule has 2 N–H and O–H groups in total. The van der Waals surface area contributed by atoms with Crippen LogP contribution >= 0.6 is 0 Å². The van der Waals surface area contributed by atoms with Crippen molar-refractivity contribution < 1.29 is 23.8 Å². The fraction of sp³-hybridized carbons (Fsp3) is 0.429. The Morgan fingerprint density at radius 2 is 2.24 bits per heavy atom. The molecule has 1 aliphatic heterocycles. The highest BCUT2D eigenvalue weighted by Crippen LogP contribution is 2.17. The minimum absolute atomic E-state index is 0.00984. The van der Waals surface area contributed by atoms with Crippen molar-refractivity contribution in [2.45, 2.75) is 18.9 Å². The molecule has 21 heavy (non-hydrogen) atoms. The molecule has 0 radical (unpaired) electrons. The van der Waals surface area contributed by atoms with E-state index in [2.05, 4.69) is 5.32 Å². The van der Waals surface area contributed by atoms with Crippen molar-refractivity contribution in [2.75, 3.05) is 25.5 Å². The summed E-state index contributed by atoms with van der Waals surface area (Å²) in [6.07, 6.45) is 1.76.